The highest BCUT2D eigenvalue weighted by molar-refractivity contribution is 5.53. The van der Waals surface area contributed by atoms with Crippen LogP contribution < -0.4 is 0 Å². The molecule has 1 aromatic rings. The second-order valence-corrected chi connectivity index (χ2v) is 9.14. The molecule has 2 heteroatoms. The molecular formula is C25H38O2. The lowest BCUT2D eigenvalue weighted by molar-refractivity contribution is 0.402. The molecule has 0 aromatic heterocycles. The fourth-order valence-corrected chi connectivity index (χ4v) is 4.29. The minimum absolute atomic E-state index is 0.0566. The minimum atomic E-state index is -0.0566. The third kappa shape index (κ3) is 5.18. The van der Waals surface area contributed by atoms with Crippen LogP contribution in [-0.2, 0) is 5.41 Å². The average molecular weight is 371 g/mol. The molecule has 1 aliphatic carbocycles. The molecule has 1 aliphatic rings. The third-order valence-corrected chi connectivity index (χ3v) is 6.41. The molecule has 0 saturated heterocycles. The lowest BCUT2D eigenvalue weighted by Gasteiger charge is -2.31. The number of hydrogen-bond acceptors (Lipinski definition) is 2. The van der Waals surface area contributed by atoms with Gasteiger partial charge in [-0.1, -0.05) is 70.3 Å². The van der Waals surface area contributed by atoms with E-state index >= 15 is 0 Å². The summed E-state index contributed by atoms with van der Waals surface area (Å²) in [4.78, 5) is 0. The van der Waals surface area contributed by atoms with Gasteiger partial charge in [0.15, 0.2) is 0 Å². The van der Waals surface area contributed by atoms with Crippen LogP contribution in [0.25, 0.3) is 0 Å². The molecule has 0 heterocycles. The Hall–Kier alpha value is -1.70. The van der Waals surface area contributed by atoms with Crippen LogP contribution in [0, 0.1) is 5.92 Å². The second kappa shape index (κ2) is 8.99. The second-order valence-electron chi connectivity index (χ2n) is 9.14. The zero-order chi connectivity index (χ0) is 20.2. The molecule has 2 atom stereocenters. The van der Waals surface area contributed by atoms with Crippen LogP contribution in [0.2, 0.25) is 0 Å². The van der Waals surface area contributed by atoms with Crippen molar-refractivity contribution in [2.75, 3.05) is 0 Å². The molecule has 2 nitrogen and oxygen atoms in total. The number of unbranched alkanes of at least 4 members (excludes halogenated alkanes) is 3. The summed E-state index contributed by atoms with van der Waals surface area (Å²) < 4.78 is 0. The van der Waals surface area contributed by atoms with Gasteiger partial charge in [-0.15, -0.1) is 0 Å². The minimum Gasteiger partial charge on any atom is -0.507 e. The van der Waals surface area contributed by atoms with E-state index in [4.69, 9.17) is 0 Å². The topological polar surface area (TPSA) is 40.5 Å². The Labute approximate surface area is 166 Å². The number of phenolic OH excluding ortho intramolecular Hbond substituents is 2. The van der Waals surface area contributed by atoms with Crippen molar-refractivity contribution in [3.05, 3.63) is 47.1 Å². The summed E-state index contributed by atoms with van der Waals surface area (Å²) in [6.45, 7) is 14.9. The van der Waals surface area contributed by atoms with E-state index in [1.54, 1.807) is 0 Å². The van der Waals surface area contributed by atoms with Crippen LogP contribution in [0.5, 0.6) is 11.5 Å². The Balaban J connectivity index is 2.27. The molecule has 150 valence electrons. The quantitative estimate of drug-likeness (QED) is 0.370. The van der Waals surface area contributed by atoms with Gasteiger partial charge in [0.25, 0.3) is 0 Å². The number of phenols is 2. The van der Waals surface area contributed by atoms with Gasteiger partial charge in [-0.05, 0) is 62.1 Å². The van der Waals surface area contributed by atoms with Crippen molar-refractivity contribution in [3.8, 4) is 11.5 Å². The van der Waals surface area contributed by atoms with Gasteiger partial charge in [0.05, 0.1) is 0 Å². The first-order chi connectivity index (χ1) is 12.7. The molecule has 0 aliphatic heterocycles. The Bertz CT molecular complexity index is 673. The lowest BCUT2D eigenvalue weighted by Crippen LogP contribution is -2.18. The molecule has 27 heavy (non-hydrogen) atoms. The SMILES string of the molecule is C=C(C)C1CC=C(C)C(c2c(O)cc(C(C)(C)CCCCCC)cc2O)C1. The van der Waals surface area contributed by atoms with Gasteiger partial charge in [0.1, 0.15) is 11.5 Å². The van der Waals surface area contributed by atoms with Crippen molar-refractivity contribution in [1.29, 1.82) is 0 Å². The Kier molecular flexibility index (Phi) is 7.19. The van der Waals surface area contributed by atoms with Crippen LogP contribution in [0.4, 0.5) is 0 Å². The fraction of sp³-hybridized carbons (Fsp3) is 0.600. The van der Waals surface area contributed by atoms with Gasteiger partial charge in [0.2, 0.25) is 0 Å². The van der Waals surface area contributed by atoms with E-state index in [1.807, 2.05) is 12.1 Å². The molecule has 2 rings (SSSR count). The number of benzene rings is 1. The molecule has 2 unspecified atom stereocenters. The predicted octanol–water partition coefficient (Wildman–Crippen LogP) is 7.36. The molecule has 0 spiro atoms. The summed E-state index contributed by atoms with van der Waals surface area (Å²) in [6.07, 6.45) is 10.1. The standard InChI is InChI=1S/C25H38O2/c1-7-8-9-10-13-25(5,6)20-15-22(26)24(23(27)16-20)21-14-19(17(2)3)12-11-18(21)4/h11,15-16,19,21,26-27H,2,7-10,12-14H2,1,3-6H3. The molecule has 1 aromatic carbocycles. The highest BCUT2D eigenvalue weighted by Gasteiger charge is 2.30. The predicted molar refractivity (Wildman–Crippen MR) is 116 cm³/mol. The van der Waals surface area contributed by atoms with Gasteiger partial charge >= 0.3 is 0 Å². The lowest BCUT2D eigenvalue weighted by atomic mass is 9.74. The number of hydrogen-bond donors (Lipinski definition) is 2. The normalized spacial score (nSPS) is 20.4. The van der Waals surface area contributed by atoms with Crippen molar-refractivity contribution in [3.63, 3.8) is 0 Å². The van der Waals surface area contributed by atoms with E-state index in [0.29, 0.717) is 11.5 Å². The van der Waals surface area contributed by atoms with E-state index in [9.17, 15) is 10.2 Å². The molecule has 0 bridgehead atoms. The molecule has 0 fully saturated rings. The van der Waals surface area contributed by atoms with E-state index in [1.165, 1.54) is 36.8 Å². The van der Waals surface area contributed by atoms with Gasteiger partial charge in [-0.3, -0.25) is 0 Å². The van der Waals surface area contributed by atoms with Gasteiger partial charge < -0.3 is 10.2 Å². The zero-order valence-corrected chi connectivity index (χ0v) is 17.9. The molecule has 0 radical (unpaired) electrons. The number of aromatic hydroxyl groups is 2. The fourth-order valence-electron chi connectivity index (χ4n) is 4.29. The largest absolute Gasteiger partial charge is 0.507 e. The van der Waals surface area contributed by atoms with Crippen LogP contribution in [-0.4, -0.2) is 10.2 Å². The maximum Gasteiger partial charge on any atom is 0.123 e. The summed E-state index contributed by atoms with van der Waals surface area (Å²) in [5.74, 6) is 0.924. The molecular weight excluding hydrogens is 332 g/mol. The van der Waals surface area contributed by atoms with Gasteiger partial charge in [0, 0.05) is 11.5 Å². The Morgan fingerprint density at radius 2 is 1.78 bits per heavy atom. The van der Waals surface area contributed by atoms with Crippen LogP contribution >= 0.6 is 0 Å². The van der Waals surface area contributed by atoms with Crippen molar-refractivity contribution >= 4 is 0 Å². The van der Waals surface area contributed by atoms with Crippen molar-refractivity contribution < 1.29 is 10.2 Å². The van der Waals surface area contributed by atoms with E-state index < -0.39 is 0 Å². The Morgan fingerprint density at radius 1 is 1.15 bits per heavy atom. The van der Waals surface area contributed by atoms with Crippen LogP contribution in [0.3, 0.4) is 0 Å². The summed E-state index contributed by atoms with van der Waals surface area (Å²) in [7, 11) is 0. The summed E-state index contributed by atoms with van der Waals surface area (Å²) in [6, 6.07) is 3.76. The summed E-state index contributed by atoms with van der Waals surface area (Å²) >= 11 is 0. The summed E-state index contributed by atoms with van der Waals surface area (Å²) in [5.41, 5.74) is 4.04. The zero-order valence-electron chi connectivity index (χ0n) is 17.9. The van der Waals surface area contributed by atoms with Crippen molar-refractivity contribution in [2.24, 2.45) is 5.92 Å². The third-order valence-electron chi connectivity index (χ3n) is 6.41. The monoisotopic (exact) mass is 370 g/mol. The smallest absolute Gasteiger partial charge is 0.123 e. The number of rotatable bonds is 8. The van der Waals surface area contributed by atoms with E-state index in [0.717, 1.165) is 24.8 Å². The van der Waals surface area contributed by atoms with E-state index in [-0.39, 0.29) is 22.8 Å². The molecule has 2 N–H and O–H groups in total. The first-order valence-electron chi connectivity index (χ1n) is 10.6. The van der Waals surface area contributed by atoms with Gasteiger partial charge in [-0.2, -0.15) is 0 Å². The average Bonchev–Trinajstić information content (AvgIpc) is 2.59. The first-order valence-corrected chi connectivity index (χ1v) is 10.6. The molecule has 0 saturated carbocycles. The van der Waals surface area contributed by atoms with Crippen LogP contribution in [0.15, 0.2) is 35.9 Å². The molecule has 0 amide bonds. The van der Waals surface area contributed by atoms with Gasteiger partial charge in [-0.25, -0.2) is 0 Å². The van der Waals surface area contributed by atoms with E-state index in [2.05, 4.69) is 47.3 Å². The maximum absolute atomic E-state index is 10.8. The maximum atomic E-state index is 10.8. The number of allylic oxidation sites excluding steroid dienone is 3. The Morgan fingerprint density at radius 3 is 2.33 bits per heavy atom. The first kappa shape index (κ1) is 21.6. The summed E-state index contributed by atoms with van der Waals surface area (Å²) in [5, 5.41) is 21.7. The highest BCUT2D eigenvalue weighted by atomic mass is 16.3. The van der Waals surface area contributed by atoms with Crippen molar-refractivity contribution in [2.45, 2.75) is 90.9 Å². The highest BCUT2D eigenvalue weighted by Crippen LogP contribution is 2.47. The van der Waals surface area contributed by atoms with Crippen molar-refractivity contribution in [1.82, 2.24) is 0 Å². The van der Waals surface area contributed by atoms with Crippen LogP contribution in [0.1, 0.15) is 96.6 Å².